The Morgan fingerprint density at radius 1 is 1.47 bits per heavy atom. The molecule has 0 unspecified atom stereocenters. The summed E-state index contributed by atoms with van der Waals surface area (Å²) >= 11 is 6.15. The number of aryl methyl sites for hydroxylation is 1. The summed E-state index contributed by atoms with van der Waals surface area (Å²) in [4.78, 5) is 15.2. The van der Waals surface area contributed by atoms with E-state index in [2.05, 4.69) is 10.3 Å². The number of nitrogens with one attached hydrogen (secondary N) is 2. The summed E-state index contributed by atoms with van der Waals surface area (Å²) in [6.07, 6.45) is 0.918. The standard InChI is InChI=1S/C13H15ClN2O/c1-3-7-15-13(17)11-8(2)16-10-6-4-5-9(14)12(10)11/h4-6,16H,3,7H2,1-2H3,(H,15,17). The van der Waals surface area contributed by atoms with Gasteiger partial charge in [0, 0.05) is 23.1 Å². The predicted molar refractivity (Wildman–Crippen MR) is 70.7 cm³/mol. The van der Waals surface area contributed by atoms with E-state index < -0.39 is 0 Å². The SMILES string of the molecule is CCCNC(=O)c1c(C)[nH]c2cccc(Cl)c12. The molecule has 1 heterocycles. The third-order valence-corrected chi connectivity index (χ3v) is 3.04. The Hall–Kier alpha value is -1.48. The minimum absolute atomic E-state index is 0.0660. The van der Waals surface area contributed by atoms with E-state index in [0.29, 0.717) is 17.1 Å². The molecule has 3 nitrogen and oxygen atoms in total. The van der Waals surface area contributed by atoms with Gasteiger partial charge in [-0.25, -0.2) is 0 Å². The van der Waals surface area contributed by atoms with Gasteiger partial charge in [0.25, 0.3) is 5.91 Å². The van der Waals surface area contributed by atoms with Crippen molar-refractivity contribution in [3.8, 4) is 0 Å². The van der Waals surface area contributed by atoms with Crippen LogP contribution in [0.3, 0.4) is 0 Å². The Kier molecular flexibility index (Phi) is 3.38. The topological polar surface area (TPSA) is 44.9 Å². The van der Waals surface area contributed by atoms with Crippen molar-refractivity contribution in [2.45, 2.75) is 20.3 Å². The van der Waals surface area contributed by atoms with Gasteiger partial charge < -0.3 is 10.3 Å². The molecule has 2 N–H and O–H groups in total. The largest absolute Gasteiger partial charge is 0.358 e. The molecule has 0 radical (unpaired) electrons. The lowest BCUT2D eigenvalue weighted by Gasteiger charge is -2.04. The molecule has 1 aromatic carbocycles. The van der Waals surface area contributed by atoms with E-state index in [4.69, 9.17) is 11.6 Å². The summed E-state index contributed by atoms with van der Waals surface area (Å²) in [5.74, 6) is -0.0660. The first-order chi connectivity index (χ1) is 8.15. The molecule has 0 fully saturated rings. The first-order valence-electron chi connectivity index (χ1n) is 5.70. The van der Waals surface area contributed by atoms with E-state index in [0.717, 1.165) is 23.0 Å². The fraction of sp³-hybridized carbons (Fsp3) is 0.308. The smallest absolute Gasteiger partial charge is 0.253 e. The number of halogens is 1. The number of benzene rings is 1. The molecule has 0 spiro atoms. The Labute approximate surface area is 105 Å². The fourth-order valence-corrected chi connectivity index (χ4v) is 2.21. The average molecular weight is 251 g/mol. The van der Waals surface area contributed by atoms with E-state index in [1.54, 1.807) is 6.07 Å². The summed E-state index contributed by atoms with van der Waals surface area (Å²) in [6.45, 7) is 4.59. The maximum Gasteiger partial charge on any atom is 0.253 e. The summed E-state index contributed by atoms with van der Waals surface area (Å²) in [6, 6.07) is 5.59. The van der Waals surface area contributed by atoms with Crippen LogP contribution in [0.25, 0.3) is 10.9 Å². The number of rotatable bonds is 3. The van der Waals surface area contributed by atoms with Gasteiger partial charge in [0.1, 0.15) is 0 Å². The number of aromatic amines is 1. The van der Waals surface area contributed by atoms with Crippen molar-refractivity contribution in [2.24, 2.45) is 0 Å². The second kappa shape index (κ2) is 4.80. The van der Waals surface area contributed by atoms with E-state index in [-0.39, 0.29) is 5.91 Å². The summed E-state index contributed by atoms with van der Waals surface area (Å²) < 4.78 is 0. The Bertz CT molecular complexity index is 560. The average Bonchev–Trinajstić information content (AvgIpc) is 2.64. The van der Waals surface area contributed by atoms with Gasteiger partial charge in [0.15, 0.2) is 0 Å². The van der Waals surface area contributed by atoms with Crippen LogP contribution in [0, 0.1) is 6.92 Å². The molecule has 0 bridgehead atoms. The molecule has 0 aliphatic heterocycles. The summed E-state index contributed by atoms with van der Waals surface area (Å²) in [5.41, 5.74) is 2.40. The lowest BCUT2D eigenvalue weighted by molar-refractivity contribution is 0.0955. The van der Waals surface area contributed by atoms with E-state index in [1.165, 1.54) is 0 Å². The van der Waals surface area contributed by atoms with Crippen LogP contribution < -0.4 is 5.32 Å². The minimum Gasteiger partial charge on any atom is -0.358 e. The molecule has 0 aliphatic carbocycles. The number of fused-ring (bicyclic) bond motifs is 1. The van der Waals surface area contributed by atoms with Crippen LogP contribution in [0.4, 0.5) is 0 Å². The molecular weight excluding hydrogens is 236 g/mol. The van der Waals surface area contributed by atoms with Gasteiger partial charge in [0.05, 0.1) is 10.6 Å². The molecule has 1 amide bonds. The van der Waals surface area contributed by atoms with Gasteiger partial charge >= 0.3 is 0 Å². The van der Waals surface area contributed by atoms with Crippen LogP contribution in [0.15, 0.2) is 18.2 Å². The molecular formula is C13H15ClN2O. The third-order valence-electron chi connectivity index (χ3n) is 2.72. The maximum atomic E-state index is 12.1. The first-order valence-corrected chi connectivity index (χ1v) is 6.08. The molecule has 0 saturated heterocycles. The monoisotopic (exact) mass is 250 g/mol. The molecule has 17 heavy (non-hydrogen) atoms. The molecule has 0 atom stereocenters. The van der Waals surface area contributed by atoms with Crippen LogP contribution >= 0.6 is 11.6 Å². The van der Waals surface area contributed by atoms with Crippen molar-refractivity contribution in [3.05, 3.63) is 34.5 Å². The Morgan fingerprint density at radius 2 is 2.24 bits per heavy atom. The highest BCUT2D eigenvalue weighted by atomic mass is 35.5. The zero-order chi connectivity index (χ0) is 12.4. The van der Waals surface area contributed by atoms with Crippen LogP contribution in [0.5, 0.6) is 0 Å². The van der Waals surface area contributed by atoms with E-state index in [9.17, 15) is 4.79 Å². The molecule has 1 aromatic heterocycles. The second-order valence-electron chi connectivity index (χ2n) is 4.04. The highest BCUT2D eigenvalue weighted by molar-refractivity contribution is 6.37. The summed E-state index contributed by atoms with van der Waals surface area (Å²) in [7, 11) is 0. The first kappa shape index (κ1) is 12.0. The number of carbonyl (C=O) groups excluding carboxylic acids is 1. The van der Waals surface area contributed by atoms with Gasteiger partial charge in [-0.3, -0.25) is 4.79 Å². The second-order valence-corrected chi connectivity index (χ2v) is 4.45. The quantitative estimate of drug-likeness (QED) is 0.863. The number of hydrogen-bond acceptors (Lipinski definition) is 1. The van der Waals surface area contributed by atoms with Crippen molar-refractivity contribution in [2.75, 3.05) is 6.54 Å². The van der Waals surface area contributed by atoms with Crippen molar-refractivity contribution >= 4 is 28.4 Å². The van der Waals surface area contributed by atoms with Gasteiger partial charge in [-0.15, -0.1) is 0 Å². The molecule has 4 heteroatoms. The zero-order valence-electron chi connectivity index (χ0n) is 9.93. The van der Waals surface area contributed by atoms with Crippen molar-refractivity contribution in [3.63, 3.8) is 0 Å². The van der Waals surface area contributed by atoms with Gasteiger partial charge in [-0.05, 0) is 25.5 Å². The molecule has 2 aromatic rings. The number of hydrogen-bond donors (Lipinski definition) is 2. The Morgan fingerprint density at radius 3 is 2.94 bits per heavy atom. The highest BCUT2D eigenvalue weighted by Gasteiger charge is 2.17. The molecule has 0 aliphatic rings. The maximum absolute atomic E-state index is 12.1. The fourth-order valence-electron chi connectivity index (χ4n) is 1.95. The summed E-state index contributed by atoms with van der Waals surface area (Å²) in [5, 5.41) is 4.29. The van der Waals surface area contributed by atoms with E-state index in [1.807, 2.05) is 26.0 Å². The number of H-pyrrole nitrogens is 1. The number of carbonyl (C=O) groups is 1. The lowest BCUT2D eigenvalue weighted by Crippen LogP contribution is -2.24. The van der Waals surface area contributed by atoms with Crippen LogP contribution in [-0.4, -0.2) is 17.4 Å². The molecule has 90 valence electrons. The van der Waals surface area contributed by atoms with Gasteiger partial charge in [0.2, 0.25) is 0 Å². The van der Waals surface area contributed by atoms with E-state index >= 15 is 0 Å². The Balaban J connectivity index is 2.52. The highest BCUT2D eigenvalue weighted by Crippen LogP contribution is 2.28. The minimum atomic E-state index is -0.0660. The number of aromatic nitrogens is 1. The van der Waals surface area contributed by atoms with Crippen molar-refractivity contribution in [1.29, 1.82) is 0 Å². The lowest BCUT2D eigenvalue weighted by atomic mass is 10.1. The van der Waals surface area contributed by atoms with Crippen molar-refractivity contribution < 1.29 is 4.79 Å². The van der Waals surface area contributed by atoms with Crippen LogP contribution in [0.2, 0.25) is 5.02 Å². The zero-order valence-corrected chi connectivity index (χ0v) is 10.7. The number of amides is 1. The predicted octanol–water partition coefficient (Wildman–Crippen LogP) is 3.27. The van der Waals surface area contributed by atoms with Crippen LogP contribution in [-0.2, 0) is 0 Å². The van der Waals surface area contributed by atoms with Gasteiger partial charge in [-0.1, -0.05) is 24.6 Å². The molecule has 0 saturated carbocycles. The third kappa shape index (κ3) is 2.15. The van der Waals surface area contributed by atoms with Crippen molar-refractivity contribution in [1.82, 2.24) is 10.3 Å². The molecule has 2 rings (SSSR count). The van der Waals surface area contributed by atoms with Gasteiger partial charge in [-0.2, -0.15) is 0 Å². The van der Waals surface area contributed by atoms with Crippen LogP contribution in [0.1, 0.15) is 29.4 Å². The normalized spacial score (nSPS) is 10.8.